The lowest BCUT2D eigenvalue weighted by Gasteiger charge is -2.44. The molecule has 0 aliphatic carbocycles. The number of hydrogen-bond acceptors (Lipinski definition) is 2. The van der Waals surface area contributed by atoms with E-state index < -0.39 is 16.6 Å². The molecule has 0 saturated carbocycles. The molecule has 0 aromatic rings. The monoisotopic (exact) mass is 318 g/mol. The van der Waals surface area contributed by atoms with Gasteiger partial charge in [0.25, 0.3) is 0 Å². The van der Waals surface area contributed by atoms with E-state index in [9.17, 15) is 0 Å². The Labute approximate surface area is 131 Å². The summed E-state index contributed by atoms with van der Waals surface area (Å²) >= 11 is 1.13. The van der Waals surface area contributed by atoms with Gasteiger partial charge in [0.05, 0.1) is 0 Å². The fourth-order valence-corrected chi connectivity index (χ4v) is 4.75. The van der Waals surface area contributed by atoms with Crippen LogP contribution in [0.4, 0.5) is 0 Å². The van der Waals surface area contributed by atoms with E-state index in [1.54, 1.807) is 0 Å². The molecule has 0 fully saturated rings. The maximum atomic E-state index is 6.47. The van der Waals surface area contributed by atoms with Gasteiger partial charge < -0.3 is 8.85 Å². The normalized spacial score (nSPS) is 15.1. The lowest BCUT2D eigenvalue weighted by Crippen LogP contribution is -2.50. The van der Waals surface area contributed by atoms with Crippen molar-refractivity contribution < 1.29 is 8.85 Å². The minimum Gasteiger partial charge on any atom is -0.394 e. The van der Waals surface area contributed by atoms with Crippen LogP contribution in [-0.4, -0.2) is 39.2 Å². The third-order valence-electron chi connectivity index (χ3n) is 4.80. The van der Waals surface area contributed by atoms with Crippen molar-refractivity contribution >= 4 is 32.9 Å². The molecule has 5 heteroatoms. The summed E-state index contributed by atoms with van der Waals surface area (Å²) in [5.41, 5.74) is 0. The molecule has 114 valence electrons. The highest BCUT2D eigenvalue weighted by Gasteiger charge is 2.43. The first kappa shape index (κ1) is 19.9. The molecule has 0 bridgehead atoms. The van der Waals surface area contributed by atoms with Crippen LogP contribution in [0.3, 0.4) is 0 Å². The molecule has 0 aliphatic heterocycles. The molecule has 0 atom stereocenters. The Morgan fingerprint density at radius 1 is 0.789 bits per heavy atom. The highest BCUT2D eigenvalue weighted by Crippen LogP contribution is 2.41. The van der Waals surface area contributed by atoms with E-state index in [2.05, 4.69) is 67.7 Å². The average molecular weight is 319 g/mol. The summed E-state index contributed by atoms with van der Waals surface area (Å²) in [6, 6.07) is 0. The van der Waals surface area contributed by atoms with Crippen molar-refractivity contribution in [2.24, 2.45) is 0 Å². The van der Waals surface area contributed by atoms with Crippen molar-refractivity contribution in [3.63, 3.8) is 0 Å². The lowest BCUT2D eigenvalue weighted by molar-refractivity contribution is -0.000160. The van der Waals surface area contributed by atoms with Gasteiger partial charge in [-0.3, -0.25) is 0 Å². The van der Waals surface area contributed by atoms with E-state index in [4.69, 9.17) is 8.85 Å². The Bertz CT molecular complexity index is 263. The van der Waals surface area contributed by atoms with E-state index in [-0.39, 0.29) is 16.4 Å². The van der Waals surface area contributed by atoms with Crippen LogP contribution in [0.15, 0.2) is 0 Å². The summed E-state index contributed by atoms with van der Waals surface area (Å²) in [4.78, 5) is 0. The molecular weight excluding hydrogens is 283 g/mol. The Morgan fingerprint density at radius 2 is 1.05 bits per heavy atom. The van der Waals surface area contributed by atoms with Gasteiger partial charge in [-0.25, -0.2) is 0 Å². The van der Waals surface area contributed by atoms with Gasteiger partial charge in [-0.2, -0.15) is 0 Å². The second kappa shape index (κ2) is 6.33. The van der Waals surface area contributed by atoms with Crippen molar-refractivity contribution in [2.45, 2.75) is 89.4 Å². The van der Waals surface area contributed by atoms with Gasteiger partial charge in [0, 0.05) is 0 Å². The zero-order chi connectivity index (χ0) is 15.7. The minimum absolute atomic E-state index is 0.0217. The summed E-state index contributed by atoms with van der Waals surface area (Å²) in [5, 5.41) is 1.57. The second-order valence-corrected chi connectivity index (χ2v) is 18.9. The van der Waals surface area contributed by atoms with Crippen LogP contribution in [0.5, 0.6) is 0 Å². The van der Waals surface area contributed by atoms with Gasteiger partial charge in [0.2, 0.25) is 16.3 Å². The molecule has 0 saturated heterocycles. The molecule has 0 rings (SSSR count). The van der Waals surface area contributed by atoms with Gasteiger partial charge in [0.15, 0.2) is 16.6 Å². The molecule has 0 aliphatic rings. The third kappa shape index (κ3) is 5.65. The van der Waals surface area contributed by atoms with Crippen LogP contribution in [0.2, 0.25) is 41.5 Å². The van der Waals surface area contributed by atoms with E-state index in [0.717, 1.165) is 21.6 Å². The molecule has 0 heterocycles. The zero-order valence-corrected chi connectivity index (χ0v) is 19.1. The fourth-order valence-electron chi connectivity index (χ4n) is 1.20. The van der Waals surface area contributed by atoms with Crippen LogP contribution >= 0.6 is 0 Å². The van der Waals surface area contributed by atoms with Gasteiger partial charge >= 0.3 is 0 Å². The average Bonchev–Trinajstić information content (AvgIpc) is 2.12. The summed E-state index contributed by atoms with van der Waals surface area (Å²) in [7, 11) is -3.46. The van der Waals surface area contributed by atoms with Crippen LogP contribution in [-0.2, 0) is 8.85 Å². The van der Waals surface area contributed by atoms with Crippen LogP contribution in [0.1, 0.15) is 41.5 Å². The van der Waals surface area contributed by atoms with Crippen LogP contribution in [0, 0.1) is 0 Å². The number of hydrogen-bond donors (Lipinski definition) is 0. The summed E-state index contributed by atoms with van der Waals surface area (Å²) < 4.78 is 12.9. The van der Waals surface area contributed by atoms with Gasteiger partial charge in [0.1, 0.15) is 6.29 Å². The molecule has 0 amide bonds. The molecule has 0 aromatic heterocycles. The van der Waals surface area contributed by atoms with Crippen LogP contribution < -0.4 is 0 Å². The minimum atomic E-state index is -1.73. The Morgan fingerprint density at radius 3 is 1.21 bits per heavy atom. The van der Waals surface area contributed by atoms with E-state index in [0.29, 0.717) is 0 Å². The van der Waals surface area contributed by atoms with Crippen molar-refractivity contribution in [2.75, 3.05) is 0 Å². The third-order valence-corrected chi connectivity index (χ3v) is 14.4. The Kier molecular flexibility index (Phi) is 6.63. The molecule has 19 heavy (non-hydrogen) atoms. The second-order valence-electron chi connectivity index (χ2n) is 8.59. The molecule has 0 N–H and O–H groups in total. The van der Waals surface area contributed by atoms with E-state index in [1.165, 1.54) is 0 Å². The summed E-state index contributed by atoms with van der Waals surface area (Å²) in [6.45, 7) is 23.0. The Hall–Kier alpha value is 0.886. The molecular formula is C14H35AlO2Si2. The van der Waals surface area contributed by atoms with Gasteiger partial charge in [-0.15, -0.1) is 0 Å². The predicted molar refractivity (Wildman–Crippen MR) is 93.7 cm³/mol. The first-order chi connectivity index (χ1) is 8.14. The summed E-state index contributed by atoms with van der Waals surface area (Å²) in [6.07, 6.45) is 0.0217. The highest BCUT2D eigenvalue weighted by molar-refractivity contribution is 6.75. The van der Waals surface area contributed by atoms with Crippen molar-refractivity contribution in [3.8, 4) is 0 Å². The molecule has 0 radical (unpaired) electrons. The smallest absolute Gasteiger partial charge is 0.219 e. The maximum Gasteiger partial charge on any atom is 0.219 e. The SMILES string of the molecule is CC(C)(C)[Si](C)(C)OC([CH2][AlH2])O[Si](C)(C)C(C)(C)C. The first-order valence-electron chi connectivity index (χ1n) is 7.50. The number of rotatable bonds is 5. The highest BCUT2D eigenvalue weighted by atomic mass is 28.4. The van der Waals surface area contributed by atoms with Crippen LogP contribution in [0.25, 0.3) is 0 Å². The largest absolute Gasteiger partial charge is 0.394 e. The zero-order valence-electron chi connectivity index (χ0n) is 15.1. The van der Waals surface area contributed by atoms with Crippen molar-refractivity contribution in [1.82, 2.24) is 0 Å². The summed E-state index contributed by atoms with van der Waals surface area (Å²) in [5.74, 6) is 0. The predicted octanol–water partition coefficient (Wildman–Crippen LogP) is 4.41. The molecule has 2 nitrogen and oxygen atoms in total. The topological polar surface area (TPSA) is 18.5 Å². The van der Waals surface area contributed by atoms with Gasteiger partial charge in [-0.05, 0) is 36.3 Å². The molecule has 0 unspecified atom stereocenters. The maximum absolute atomic E-state index is 6.47. The Balaban J connectivity index is 4.90. The van der Waals surface area contributed by atoms with E-state index >= 15 is 0 Å². The molecule has 0 aromatic carbocycles. The standard InChI is InChI=1S/C14H33O2Si2.Al.2H/c1-12(15-17(8,9)13(2,3)4)16-18(10,11)14(5,6)7;;;/h12H,1H2,2-11H3;;;. The van der Waals surface area contributed by atoms with Gasteiger partial charge in [-0.1, -0.05) is 46.8 Å². The first-order valence-corrected chi connectivity index (χ1v) is 14.7. The lowest BCUT2D eigenvalue weighted by atomic mass is 10.2. The quantitative estimate of drug-likeness (QED) is 0.552. The molecule has 0 spiro atoms. The fraction of sp³-hybridized carbons (Fsp3) is 1.00. The van der Waals surface area contributed by atoms with E-state index in [1.807, 2.05) is 0 Å². The van der Waals surface area contributed by atoms with Crippen molar-refractivity contribution in [3.05, 3.63) is 0 Å². The van der Waals surface area contributed by atoms with Crippen molar-refractivity contribution in [1.29, 1.82) is 0 Å².